The SMILES string of the molecule is CCCCC(=O)N(CCOC)CC(=O)N(Cc1cccn1Cc1ccccc1Cl)CC(C)C. The van der Waals surface area contributed by atoms with Crippen LogP contribution >= 0.6 is 11.6 Å². The molecule has 0 aliphatic rings. The van der Waals surface area contributed by atoms with Crippen molar-refractivity contribution in [3.8, 4) is 0 Å². The summed E-state index contributed by atoms with van der Waals surface area (Å²) >= 11 is 6.36. The van der Waals surface area contributed by atoms with Gasteiger partial charge in [0.2, 0.25) is 11.8 Å². The zero-order valence-electron chi connectivity index (χ0n) is 20.4. The Labute approximate surface area is 203 Å². The highest BCUT2D eigenvalue weighted by Crippen LogP contribution is 2.18. The van der Waals surface area contributed by atoms with Crippen molar-refractivity contribution in [3.63, 3.8) is 0 Å². The van der Waals surface area contributed by atoms with E-state index in [1.54, 1.807) is 12.0 Å². The molecule has 0 unspecified atom stereocenters. The second-order valence-corrected chi connectivity index (χ2v) is 9.21. The molecule has 33 heavy (non-hydrogen) atoms. The molecule has 0 spiro atoms. The van der Waals surface area contributed by atoms with Gasteiger partial charge in [-0.05, 0) is 36.1 Å². The molecular formula is C26H38ClN3O3. The van der Waals surface area contributed by atoms with Crippen LogP contribution in [0.25, 0.3) is 0 Å². The summed E-state index contributed by atoms with van der Waals surface area (Å²) in [5.74, 6) is 0.271. The summed E-state index contributed by atoms with van der Waals surface area (Å²) in [6, 6.07) is 11.8. The Morgan fingerprint density at radius 1 is 1.09 bits per heavy atom. The molecule has 7 heteroatoms. The number of hydrogen-bond donors (Lipinski definition) is 0. The molecule has 0 saturated carbocycles. The largest absolute Gasteiger partial charge is 0.383 e. The molecule has 0 N–H and O–H groups in total. The molecule has 0 saturated heterocycles. The van der Waals surface area contributed by atoms with Gasteiger partial charge in [-0.15, -0.1) is 0 Å². The number of ether oxygens (including phenoxy) is 1. The molecule has 2 rings (SSSR count). The second kappa shape index (κ2) is 14.1. The average molecular weight is 476 g/mol. The number of halogens is 1. The summed E-state index contributed by atoms with van der Waals surface area (Å²) < 4.78 is 7.29. The van der Waals surface area contributed by atoms with Gasteiger partial charge in [0.15, 0.2) is 0 Å². The van der Waals surface area contributed by atoms with E-state index in [1.165, 1.54) is 0 Å². The summed E-state index contributed by atoms with van der Waals surface area (Å²) in [4.78, 5) is 29.5. The van der Waals surface area contributed by atoms with Gasteiger partial charge in [0.1, 0.15) is 0 Å². The fourth-order valence-corrected chi connectivity index (χ4v) is 3.89. The number of methoxy groups -OCH3 is 1. The van der Waals surface area contributed by atoms with Crippen LogP contribution < -0.4 is 0 Å². The third-order valence-corrected chi connectivity index (χ3v) is 5.87. The Balaban J connectivity index is 2.15. The van der Waals surface area contributed by atoms with E-state index >= 15 is 0 Å². The first-order valence-electron chi connectivity index (χ1n) is 11.8. The standard InChI is InChI=1S/C26H38ClN3O3/c1-5-6-13-25(31)29(15-16-33-4)20-26(32)30(17-21(2)3)19-23-11-9-14-28(23)18-22-10-7-8-12-24(22)27/h7-12,14,21H,5-6,13,15-20H2,1-4H3. The van der Waals surface area contributed by atoms with E-state index < -0.39 is 0 Å². The maximum absolute atomic E-state index is 13.3. The van der Waals surface area contributed by atoms with Gasteiger partial charge in [0, 0.05) is 50.1 Å². The van der Waals surface area contributed by atoms with Gasteiger partial charge in [0.25, 0.3) is 0 Å². The molecule has 1 aromatic carbocycles. The first-order valence-corrected chi connectivity index (χ1v) is 12.1. The minimum absolute atomic E-state index is 0.00819. The Bertz CT molecular complexity index is 881. The topological polar surface area (TPSA) is 54.8 Å². The second-order valence-electron chi connectivity index (χ2n) is 8.80. The average Bonchev–Trinajstić information content (AvgIpc) is 3.22. The highest BCUT2D eigenvalue weighted by molar-refractivity contribution is 6.31. The van der Waals surface area contributed by atoms with Crippen LogP contribution in [0.3, 0.4) is 0 Å². The van der Waals surface area contributed by atoms with Gasteiger partial charge in [-0.3, -0.25) is 9.59 Å². The van der Waals surface area contributed by atoms with Gasteiger partial charge in [0.05, 0.1) is 19.7 Å². The Morgan fingerprint density at radius 3 is 2.52 bits per heavy atom. The summed E-state index contributed by atoms with van der Waals surface area (Å²) in [7, 11) is 1.61. The van der Waals surface area contributed by atoms with Crippen molar-refractivity contribution in [1.29, 1.82) is 0 Å². The zero-order valence-corrected chi connectivity index (χ0v) is 21.2. The maximum Gasteiger partial charge on any atom is 0.242 e. The van der Waals surface area contributed by atoms with Gasteiger partial charge >= 0.3 is 0 Å². The van der Waals surface area contributed by atoms with Crippen LogP contribution in [0.2, 0.25) is 5.02 Å². The van der Waals surface area contributed by atoms with Crippen molar-refractivity contribution in [3.05, 3.63) is 58.9 Å². The number of hydrogen-bond acceptors (Lipinski definition) is 3. The van der Waals surface area contributed by atoms with E-state index in [1.807, 2.05) is 47.5 Å². The van der Waals surface area contributed by atoms with Gasteiger partial charge in [-0.2, -0.15) is 0 Å². The molecule has 1 heterocycles. The van der Waals surface area contributed by atoms with Crippen LogP contribution in [0.15, 0.2) is 42.6 Å². The van der Waals surface area contributed by atoms with Gasteiger partial charge in [-0.25, -0.2) is 0 Å². The van der Waals surface area contributed by atoms with Crippen molar-refractivity contribution in [2.75, 3.05) is 33.4 Å². The minimum Gasteiger partial charge on any atom is -0.383 e. The Kier molecular flexibility index (Phi) is 11.5. The lowest BCUT2D eigenvalue weighted by Gasteiger charge is -2.29. The van der Waals surface area contributed by atoms with E-state index in [2.05, 4.69) is 25.3 Å². The van der Waals surface area contributed by atoms with E-state index in [0.717, 1.165) is 29.1 Å². The molecule has 6 nitrogen and oxygen atoms in total. The molecule has 2 aromatic rings. The predicted octanol–water partition coefficient (Wildman–Crippen LogP) is 4.84. The lowest BCUT2D eigenvalue weighted by Crippen LogP contribution is -2.45. The summed E-state index contributed by atoms with van der Waals surface area (Å²) in [6.45, 7) is 8.90. The molecule has 182 valence electrons. The third kappa shape index (κ3) is 8.86. The smallest absolute Gasteiger partial charge is 0.242 e. The molecule has 0 aliphatic heterocycles. The van der Waals surface area contributed by atoms with E-state index in [0.29, 0.717) is 45.1 Å². The van der Waals surface area contributed by atoms with Crippen LogP contribution in [-0.2, 0) is 27.4 Å². The van der Waals surface area contributed by atoms with Crippen LogP contribution in [-0.4, -0.2) is 59.5 Å². The monoisotopic (exact) mass is 475 g/mol. The van der Waals surface area contributed by atoms with Crippen molar-refractivity contribution in [2.45, 2.75) is 53.1 Å². The number of aromatic nitrogens is 1. The molecule has 0 fully saturated rings. The quantitative estimate of drug-likeness (QED) is 0.393. The van der Waals surface area contributed by atoms with Crippen molar-refractivity contribution in [1.82, 2.24) is 14.4 Å². The number of carbonyl (C=O) groups excluding carboxylic acids is 2. The first kappa shape index (κ1) is 26.9. The fraction of sp³-hybridized carbons (Fsp3) is 0.538. The highest BCUT2D eigenvalue weighted by Gasteiger charge is 2.22. The Morgan fingerprint density at radius 2 is 1.85 bits per heavy atom. The van der Waals surface area contributed by atoms with Gasteiger partial charge in [-0.1, -0.05) is 57.0 Å². The minimum atomic E-state index is -0.0462. The number of rotatable bonds is 14. The number of unbranched alkanes of at least 4 members (excludes halogenated alkanes) is 1. The molecule has 0 bridgehead atoms. The van der Waals surface area contributed by atoms with E-state index in [-0.39, 0.29) is 18.4 Å². The van der Waals surface area contributed by atoms with Crippen molar-refractivity contribution in [2.24, 2.45) is 5.92 Å². The van der Waals surface area contributed by atoms with Gasteiger partial charge < -0.3 is 19.1 Å². The van der Waals surface area contributed by atoms with Crippen molar-refractivity contribution < 1.29 is 14.3 Å². The van der Waals surface area contributed by atoms with Crippen molar-refractivity contribution >= 4 is 23.4 Å². The van der Waals surface area contributed by atoms with E-state index in [4.69, 9.17) is 16.3 Å². The van der Waals surface area contributed by atoms with Crippen LogP contribution in [0.4, 0.5) is 0 Å². The zero-order chi connectivity index (χ0) is 24.2. The molecule has 0 radical (unpaired) electrons. The normalized spacial score (nSPS) is 11.1. The molecule has 2 amide bonds. The number of amides is 2. The predicted molar refractivity (Wildman–Crippen MR) is 133 cm³/mol. The first-order chi connectivity index (χ1) is 15.8. The summed E-state index contributed by atoms with van der Waals surface area (Å²) in [5.41, 5.74) is 2.07. The van der Waals surface area contributed by atoms with Crippen LogP contribution in [0.1, 0.15) is 51.3 Å². The lowest BCUT2D eigenvalue weighted by atomic mass is 10.2. The summed E-state index contributed by atoms with van der Waals surface area (Å²) in [6.07, 6.45) is 4.23. The lowest BCUT2D eigenvalue weighted by molar-refractivity contribution is -0.141. The maximum atomic E-state index is 13.3. The number of carbonyl (C=O) groups is 2. The highest BCUT2D eigenvalue weighted by atomic mass is 35.5. The molecular weight excluding hydrogens is 438 g/mol. The third-order valence-electron chi connectivity index (χ3n) is 5.50. The molecule has 0 aliphatic carbocycles. The number of benzene rings is 1. The summed E-state index contributed by atoms with van der Waals surface area (Å²) in [5, 5.41) is 0.728. The molecule has 0 atom stereocenters. The molecule has 1 aromatic heterocycles. The van der Waals surface area contributed by atoms with E-state index in [9.17, 15) is 9.59 Å². The van der Waals surface area contributed by atoms with Crippen LogP contribution in [0.5, 0.6) is 0 Å². The fourth-order valence-electron chi connectivity index (χ4n) is 3.69. The Hall–Kier alpha value is -2.31. The van der Waals surface area contributed by atoms with Crippen LogP contribution in [0, 0.1) is 5.92 Å². The number of nitrogens with zero attached hydrogens (tertiary/aromatic N) is 3.